The van der Waals surface area contributed by atoms with Crippen LogP contribution in [0.1, 0.15) is 39.0 Å². The molecule has 1 amide bonds. The van der Waals surface area contributed by atoms with Gasteiger partial charge in [-0.2, -0.15) is 0 Å². The minimum absolute atomic E-state index is 0.128. The molecule has 0 spiro atoms. The molecule has 1 N–H and O–H groups in total. The molecule has 0 bridgehead atoms. The van der Waals surface area contributed by atoms with Gasteiger partial charge in [0.25, 0.3) is 5.91 Å². The summed E-state index contributed by atoms with van der Waals surface area (Å²) in [7, 11) is 3.08. The van der Waals surface area contributed by atoms with E-state index in [1.54, 1.807) is 25.3 Å². The third-order valence-corrected chi connectivity index (χ3v) is 5.79. The summed E-state index contributed by atoms with van der Waals surface area (Å²) in [5, 5.41) is 3.06. The van der Waals surface area contributed by atoms with Gasteiger partial charge in [-0.25, -0.2) is 4.98 Å². The molecule has 1 atom stereocenters. The van der Waals surface area contributed by atoms with E-state index in [-0.39, 0.29) is 11.9 Å². The monoisotopic (exact) mass is 421 g/mol. The summed E-state index contributed by atoms with van der Waals surface area (Å²) in [5.74, 6) is 1.49. The van der Waals surface area contributed by atoms with Crippen LogP contribution in [0.2, 0.25) is 0 Å². The highest BCUT2D eigenvalue weighted by Gasteiger charge is 2.29. The SMILES string of the molecule is COc1cccc(C(=O)NCC(c2ocnc2C)N2CCc3ccccc3C2)c1OC. The predicted octanol–water partition coefficient (Wildman–Crippen LogP) is 3.53. The highest BCUT2D eigenvalue weighted by Crippen LogP contribution is 2.32. The molecule has 1 aliphatic rings. The van der Waals surface area contributed by atoms with Gasteiger partial charge in [-0.1, -0.05) is 30.3 Å². The molecule has 0 aliphatic carbocycles. The number of fused-ring (bicyclic) bond motifs is 1. The largest absolute Gasteiger partial charge is 0.493 e. The number of para-hydroxylation sites is 1. The van der Waals surface area contributed by atoms with Gasteiger partial charge in [0.1, 0.15) is 5.76 Å². The molecule has 0 radical (unpaired) electrons. The standard InChI is InChI=1S/C24H27N3O4/c1-16-22(31-15-26-16)20(27-12-11-17-7-4-5-8-18(17)14-27)13-25-24(28)19-9-6-10-21(29-2)23(19)30-3/h4-10,15,20H,11-14H2,1-3H3,(H,25,28). The Hall–Kier alpha value is -3.32. The van der Waals surface area contributed by atoms with E-state index in [0.717, 1.165) is 31.0 Å². The molecule has 7 nitrogen and oxygen atoms in total. The number of benzene rings is 2. The summed E-state index contributed by atoms with van der Waals surface area (Å²) < 4.78 is 16.5. The second-order valence-corrected chi connectivity index (χ2v) is 7.56. The molecule has 4 rings (SSSR count). The van der Waals surface area contributed by atoms with E-state index in [4.69, 9.17) is 13.9 Å². The van der Waals surface area contributed by atoms with Crippen LogP contribution in [-0.2, 0) is 13.0 Å². The number of hydrogen-bond acceptors (Lipinski definition) is 6. The lowest BCUT2D eigenvalue weighted by Crippen LogP contribution is -2.40. The van der Waals surface area contributed by atoms with E-state index >= 15 is 0 Å². The number of carbonyl (C=O) groups is 1. The zero-order chi connectivity index (χ0) is 21.8. The van der Waals surface area contributed by atoms with E-state index in [1.165, 1.54) is 24.6 Å². The van der Waals surface area contributed by atoms with Crippen LogP contribution in [-0.4, -0.2) is 43.1 Å². The maximum Gasteiger partial charge on any atom is 0.255 e. The third-order valence-electron chi connectivity index (χ3n) is 5.79. The van der Waals surface area contributed by atoms with Gasteiger partial charge < -0.3 is 19.2 Å². The summed E-state index contributed by atoms with van der Waals surface area (Å²) in [6.45, 7) is 3.98. The van der Waals surface area contributed by atoms with Crippen molar-refractivity contribution in [2.24, 2.45) is 0 Å². The number of nitrogens with one attached hydrogen (secondary N) is 1. The molecule has 0 saturated carbocycles. The maximum absolute atomic E-state index is 13.0. The van der Waals surface area contributed by atoms with E-state index in [1.807, 2.05) is 6.92 Å². The second-order valence-electron chi connectivity index (χ2n) is 7.56. The predicted molar refractivity (Wildman–Crippen MR) is 116 cm³/mol. The summed E-state index contributed by atoms with van der Waals surface area (Å²) in [5.41, 5.74) is 3.93. The molecule has 1 unspecified atom stereocenters. The Morgan fingerprint density at radius 3 is 2.68 bits per heavy atom. The molecule has 1 aromatic heterocycles. The van der Waals surface area contributed by atoms with E-state index < -0.39 is 0 Å². The summed E-state index contributed by atoms with van der Waals surface area (Å²) in [4.78, 5) is 19.6. The average molecular weight is 421 g/mol. The molecule has 0 saturated heterocycles. The Morgan fingerprint density at radius 2 is 1.97 bits per heavy atom. The van der Waals surface area contributed by atoms with Crippen LogP contribution in [0.25, 0.3) is 0 Å². The highest BCUT2D eigenvalue weighted by atomic mass is 16.5. The van der Waals surface area contributed by atoms with Gasteiger partial charge in [-0.15, -0.1) is 0 Å². The smallest absolute Gasteiger partial charge is 0.255 e. The molecule has 2 aromatic carbocycles. The first-order valence-corrected chi connectivity index (χ1v) is 10.3. The number of oxazole rings is 1. The summed E-state index contributed by atoms with van der Waals surface area (Å²) in [6.07, 6.45) is 2.42. The number of hydrogen-bond donors (Lipinski definition) is 1. The van der Waals surface area contributed by atoms with Gasteiger partial charge in [0.15, 0.2) is 17.9 Å². The molecule has 31 heavy (non-hydrogen) atoms. The fourth-order valence-electron chi connectivity index (χ4n) is 4.15. The minimum atomic E-state index is -0.227. The van der Waals surface area contributed by atoms with Gasteiger partial charge in [0.2, 0.25) is 0 Å². The summed E-state index contributed by atoms with van der Waals surface area (Å²) >= 11 is 0. The molecule has 162 valence electrons. The topological polar surface area (TPSA) is 76.8 Å². The lowest BCUT2D eigenvalue weighted by molar-refractivity contribution is 0.0915. The third kappa shape index (κ3) is 4.27. The van der Waals surface area contributed by atoms with Crippen molar-refractivity contribution in [3.8, 4) is 11.5 Å². The van der Waals surface area contributed by atoms with Gasteiger partial charge in [0.05, 0.1) is 31.5 Å². The first-order valence-electron chi connectivity index (χ1n) is 10.3. The first-order chi connectivity index (χ1) is 15.1. The fraction of sp³-hybridized carbons (Fsp3) is 0.333. The minimum Gasteiger partial charge on any atom is -0.493 e. The van der Waals surface area contributed by atoms with Gasteiger partial charge in [-0.3, -0.25) is 9.69 Å². The van der Waals surface area contributed by atoms with Crippen LogP contribution >= 0.6 is 0 Å². The molecule has 7 heteroatoms. The molecule has 2 heterocycles. The Kier molecular flexibility index (Phi) is 6.23. The molecule has 0 fully saturated rings. The lowest BCUT2D eigenvalue weighted by Gasteiger charge is -2.34. The van der Waals surface area contributed by atoms with E-state index in [0.29, 0.717) is 23.6 Å². The maximum atomic E-state index is 13.0. The van der Waals surface area contributed by atoms with E-state index in [9.17, 15) is 4.79 Å². The average Bonchev–Trinajstić information content (AvgIpc) is 3.23. The van der Waals surface area contributed by atoms with E-state index in [2.05, 4.69) is 39.5 Å². The van der Waals surface area contributed by atoms with Crippen LogP contribution < -0.4 is 14.8 Å². The van der Waals surface area contributed by atoms with Crippen molar-refractivity contribution < 1.29 is 18.7 Å². The Labute approximate surface area is 182 Å². The Balaban J connectivity index is 1.56. The zero-order valence-electron chi connectivity index (χ0n) is 18.1. The fourth-order valence-corrected chi connectivity index (χ4v) is 4.15. The normalized spacial score (nSPS) is 14.5. The number of nitrogens with zero attached hydrogens (tertiary/aromatic N) is 2. The highest BCUT2D eigenvalue weighted by molar-refractivity contribution is 5.97. The summed E-state index contributed by atoms with van der Waals surface area (Å²) in [6, 6.07) is 13.6. The quantitative estimate of drug-likeness (QED) is 0.629. The Bertz CT molecular complexity index is 1060. The Morgan fingerprint density at radius 1 is 1.16 bits per heavy atom. The van der Waals surface area contributed by atoms with Crippen LogP contribution in [0.15, 0.2) is 53.3 Å². The van der Waals surface area contributed by atoms with Crippen LogP contribution in [0.3, 0.4) is 0 Å². The van der Waals surface area contributed by atoms with Crippen LogP contribution in [0, 0.1) is 6.92 Å². The first kappa shape index (κ1) is 20.9. The molecular weight excluding hydrogens is 394 g/mol. The molecular formula is C24H27N3O4. The van der Waals surface area contributed by atoms with Crippen molar-refractivity contribution in [3.63, 3.8) is 0 Å². The number of rotatable bonds is 7. The number of carbonyl (C=O) groups excluding carboxylic acids is 1. The number of aromatic nitrogens is 1. The van der Waals surface area contributed by atoms with Crippen molar-refractivity contribution in [1.29, 1.82) is 0 Å². The van der Waals surface area contributed by atoms with Crippen molar-refractivity contribution >= 4 is 5.91 Å². The number of amides is 1. The molecule has 3 aromatic rings. The van der Waals surface area contributed by atoms with Gasteiger partial charge in [0, 0.05) is 19.6 Å². The van der Waals surface area contributed by atoms with Crippen molar-refractivity contribution in [3.05, 3.63) is 77.0 Å². The van der Waals surface area contributed by atoms with Crippen LogP contribution in [0.5, 0.6) is 11.5 Å². The number of aryl methyl sites for hydroxylation is 1. The van der Waals surface area contributed by atoms with Gasteiger partial charge >= 0.3 is 0 Å². The van der Waals surface area contributed by atoms with Crippen molar-refractivity contribution in [1.82, 2.24) is 15.2 Å². The molecule has 1 aliphatic heterocycles. The number of methoxy groups -OCH3 is 2. The lowest BCUT2D eigenvalue weighted by atomic mass is 9.97. The van der Waals surface area contributed by atoms with Gasteiger partial charge in [-0.05, 0) is 36.6 Å². The zero-order valence-corrected chi connectivity index (χ0v) is 18.1. The number of ether oxygens (including phenoxy) is 2. The van der Waals surface area contributed by atoms with Crippen molar-refractivity contribution in [2.75, 3.05) is 27.3 Å². The van der Waals surface area contributed by atoms with Crippen LogP contribution in [0.4, 0.5) is 0 Å². The second kappa shape index (κ2) is 9.22. The van der Waals surface area contributed by atoms with Crippen molar-refractivity contribution in [2.45, 2.75) is 25.9 Å².